The van der Waals surface area contributed by atoms with Crippen molar-refractivity contribution in [3.8, 4) is 0 Å². The van der Waals surface area contributed by atoms with Crippen LogP contribution in [0, 0.1) is 0 Å². The Morgan fingerprint density at radius 3 is 2.31 bits per heavy atom. The van der Waals surface area contributed by atoms with Crippen LogP contribution in [0.25, 0.3) is 0 Å². The van der Waals surface area contributed by atoms with Crippen LogP contribution in [0.4, 0.5) is 0 Å². The topological polar surface area (TPSA) is 21.7 Å². The van der Waals surface area contributed by atoms with Crippen LogP contribution < -0.4 is 0 Å². The lowest BCUT2D eigenvalue weighted by Crippen LogP contribution is -2.24. The Labute approximate surface area is 82.0 Å². The van der Waals surface area contributed by atoms with Crippen LogP contribution in [0.5, 0.6) is 0 Å². The molecule has 0 aliphatic carbocycles. The number of hydrogen-bond acceptors (Lipinski definition) is 3. The van der Waals surface area contributed by atoms with Gasteiger partial charge in [-0.3, -0.25) is 0 Å². The average molecular weight is 189 g/mol. The zero-order valence-corrected chi connectivity index (χ0v) is 9.21. The largest absolute Gasteiger partial charge is 0.359 e. The number of unbranched alkanes of at least 4 members (excludes halogenated alkanes) is 1. The maximum absolute atomic E-state index is 5.19. The molecule has 0 saturated carbocycles. The van der Waals surface area contributed by atoms with Gasteiger partial charge in [0.25, 0.3) is 0 Å². The molecule has 0 heterocycles. The van der Waals surface area contributed by atoms with E-state index in [0.717, 1.165) is 26.1 Å². The molecule has 0 N–H and O–H groups in total. The fraction of sp³-hybridized carbons (Fsp3) is 1.00. The van der Waals surface area contributed by atoms with Crippen molar-refractivity contribution in [3.63, 3.8) is 0 Å². The van der Waals surface area contributed by atoms with Crippen LogP contribution in [-0.4, -0.2) is 45.0 Å². The van der Waals surface area contributed by atoms with Gasteiger partial charge in [-0.2, -0.15) is 0 Å². The number of hydrogen-bond donors (Lipinski definition) is 0. The molecule has 13 heavy (non-hydrogen) atoms. The van der Waals surface area contributed by atoms with Gasteiger partial charge in [-0.1, -0.05) is 13.8 Å². The van der Waals surface area contributed by atoms with E-state index in [-0.39, 0.29) is 0 Å². The fourth-order valence-electron chi connectivity index (χ4n) is 1.22. The molecule has 80 valence electrons. The van der Waals surface area contributed by atoms with Gasteiger partial charge in [0, 0.05) is 13.7 Å². The van der Waals surface area contributed by atoms with E-state index in [9.17, 15) is 0 Å². The number of ether oxygens (including phenoxy) is 2. The SMILES string of the molecule is CCN(CC)CCCCOCOC. The number of methoxy groups -OCH3 is 1. The summed E-state index contributed by atoms with van der Waals surface area (Å²) in [5.74, 6) is 0. The summed E-state index contributed by atoms with van der Waals surface area (Å²) in [6.45, 7) is 9.12. The highest BCUT2D eigenvalue weighted by Gasteiger charge is 1.97. The van der Waals surface area contributed by atoms with Gasteiger partial charge in [0.15, 0.2) is 0 Å². The predicted octanol–water partition coefficient (Wildman–Crippen LogP) is 1.73. The summed E-state index contributed by atoms with van der Waals surface area (Å²) in [6.07, 6.45) is 2.34. The molecule has 0 aliphatic heterocycles. The Balaban J connectivity index is 3.05. The minimum Gasteiger partial charge on any atom is -0.359 e. The lowest BCUT2D eigenvalue weighted by molar-refractivity contribution is -0.0318. The van der Waals surface area contributed by atoms with E-state index >= 15 is 0 Å². The minimum atomic E-state index is 0.422. The molecule has 3 nitrogen and oxygen atoms in total. The van der Waals surface area contributed by atoms with Crippen LogP contribution in [0.15, 0.2) is 0 Å². The maximum Gasteiger partial charge on any atom is 0.146 e. The van der Waals surface area contributed by atoms with Gasteiger partial charge in [0.05, 0.1) is 0 Å². The monoisotopic (exact) mass is 189 g/mol. The van der Waals surface area contributed by atoms with E-state index in [2.05, 4.69) is 18.7 Å². The van der Waals surface area contributed by atoms with Crippen LogP contribution in [-0.2, 0) is 9.47 Å². The third kappa shape index (κ3) is 8.22. The first-order valence-electron chi connectivity index (χ1n) is 5.14. The Morgan fingerprint density at radius 1 is 1.08 bits per heavy atom. The van der Waals surface area contributed by atoms with E-state index in [1.807, 2.05) is 0 Å². The molecule has 0 fully saturated rings. The van der Waals surface area contributed by atoms with E-state index in [4.69, 9.17) is 9.47 Å². The predicted molar refractivity (Wildman–Crippen MR) is 54.9 cm³/mol. The average Bonchev–Trinajstić information content (AvgIpc) is 2.17. The molecule has 0 unspecified atom stereocenters. The van der Waals surface area contributed by atoms with Gasteiger partial charge in [-0.05, 0) is 32.5 Å². The summed E-state index contributed by atoms with van der Waals surface area (Å²) in [4.78, 5) is 2.43. The second-order valence-electron chi connectivity index (χ2n) is 3.05. The lowest BCUT2D eigenvalue weighted by Gasteiger charge is -2.17. The lowest BCUT2D eigenvalue weighted by atomic mass is 10.3. The molecule has 0 aliphatic rings. The first-order chi connectivity index (χ1) is 6.35. The van der Waals surface area contributed by atoms with Crippen LogP contribution in [0.1, 0.15) is 26.7 Å². The minimum absolute atomic E-state index is 0.422. The molecule has 0 rings (SSSR count). The second kappa shape index (κ2) is 9.96. The summed E-state index contributed by atoms with van der Waals surface area (Å²) in [5.41, 5.74) is 0. The van der Waals surface area contributed by atoms with E-state index in [1.165, 1.54) is 13.0 Å². The maximum atomic E-state index is 5.19. The molecular weight excluding hydrogens is 166 g/mol. The molecular formula is C10H23NO2. The van der Waals surface area contributed by atoms with Gasteiger partial charge in [0.1, 0.15) is 6.79 Å². The van der Waals surface area contributed by atoms with Crippen LogP contribution in [0.3, 0.4) is 0 Å². The summed E-state index contributed by atoms with van der Waals surface area (Å²) in [6, 6.07) is 0. The highest BCUT2D eigenvalue weighted by Crippen LogP contribution is 1.95. The molecule has 0 radical (unpaired) electrons. The van der Waals surface area contributed by atoms with E-state index in [0.29, 0.717) is 6.79 Å². The summed E-state index contributed by atoms with van der Waals surface area (Å²) < 4.78 is 9.97. The number of nitrogens with zero attached hydrogens (tertiary/aromatic N) is 1. The highest BCUT2D eigenvalue weighted by molar-refractivity contribution is 4.51. The van der Waals surface area contributed by atoms with Crippen molar-refractivity contribution in [2.24, 2.45) is 0 Å². The number of rotatable bonds is 9. The smallest absolute Gasteiger partial charge is 0.146 e. The second-order valence-corrected chi connectivity index (χ2v) is 3.05. The quantitative estimate of drug-likeness (QED) is 0.407. The standard InChI is InChI=1S/C10H23NO2/c1-4-11(5-2)8-6-7-9-13-10-12-3/h4-10H2,1-3H3. The van der Waals surface area contributed by atoms with Gasteiger partial charge in [-0.15, -0.1) is 0 Å². The van der Waals surface area contributed by atoms with Gasteiger partial charge in [-0.25, -0.2) is 0 Å². The summed E-state index contributed by atoms with van der Waals surface area (Å²) in [7, 11) is 1.65. The third-order valence-electron chi connectivity index (χ3n) is 2.11. The molecule has 0 spiro atoms. The van der Waals surface area contributed by atoms with Crippen LogP contribution >= 0.6 is 0 Å². The molecule has 0 atom stereocenters. The van der Waals surface area contributed by atoms with Gasteiger partial charge in [0.2, 0.25) is 0 Å². The first-order valence-corrected chi connectivity index (χ1v) is 5.14. The Bertz CT molecular complexity index is 94.9. The summed E-state index contributed by atoms with van der Waals surface area (Å²) in [5, 5.41) is 0. The van der Waals surface area contributed by atoms with E-state index < -0.39 is 0 Å². The Kier molecular flexibility index (Phi) is 9.87. The Hall–Kier alpha value is -0.120. The van der Waals surface area contributed by atoms with E-state index in [1.54, 1.807) is 7.11 Å². The molecule has 0 aromatic rings. The summed E-state index contributed by atoms with van der Waals surface area (Å²) >= 11 is 0. The van der Waals surface area contributed by atoms with Crippen molar-refractivity contribution in [1.82, 2.24) is 4.90 Å². The zero-order valence-electron chi connectivity index (χ0n) is 9.21. The zero-order chi connectivity index (χ0) is 9.94. The van der Waals surface area contributed by atoms with Gasteiger partial charge < -0.3 is 14.4 Å². The molecule has 0 saturated heterocycles. The van der Waals surface area contributed by atoms with Crippen molar-refractivity contribution in [2.45, 2.75) is 26.7 Å². The van der Waals surface area contributed by atoms with Crippen molar-refractivity contribution in [2.75, 3.05) is 40.1 Å². The third-order valence-corrected chi connectivity index (χ3v) is 2.11. The van der Waals surface area contributed by atoms with Crippen molar-refractivity contribution >= 4 is 0 Å². The molecule has 0 bridgehead atoms. The first kappa shape index (κ1) is 12.9. The van der Waals surface area contributed by atoms with Gasteiger partial charge >= 0.3 is 0 Å². The normalized spacial score (nSPS) is 11.1. The van der Waals surface area contributed by atoms with Crippen molar-refractivity contribution in [3.05, 3.63) is 0 Å². The van der Waals surface area contributed by atoms with Crippen molar-refractivity contribution in [1.29, 1.82) is 0 Å². The van der Waals surface area contributed by atoms with Crippen LogP contribution in [0.2, 0.25) is 0 Å². The molecule has 3 heteroatoms. The van der Waals surface area contributed by atoms with Crippen molar-refractivity contribution < 1.29 is 9.47 Å². The fourth-order valence-corrected chi connectivity index (χ4v) is 1.22. The molecule has 0 amide bonds. The highest BCUT2D eigenvalue weighted by atomic mass is 16.7. The molecule has 0 aromatic heterocycles. The molecule has 0 aromatic carbocycles. The Morgan fingerprint density at radius 2 is 1.77 bits per heavy atom.